The van der Waals surface area contributed by atoms with Gasteiger partial charge >= 0.3 is 5.63 Å². The molecular formula is C18H24O7. The maximum Gasteiger partial charge on any atom is 0.336 e. The summed E-state index contributed by atoms with van der Waals surface area (Å²) in [6.07, 6.45) is -1.90. The van der Waals surface area contributed by atoms with Gasteiger partial charge in [-0.05, 0) is 19.9 Å². The summed E-state index contributed by atoms with van der Waals surface area (Å²) in [6.45, 7) is 2.95. The Labute approximate surface area is 145 Å². The molecule has 0 radical (unpaired) electrons. The Bertz CT molecular complexity index is 788. The zero-order chi connectivity index (χ0) is 18.8. The summed E-state index contributed by atoms with van der Waals surface area (Å²) in [6, 6.07) is 4.43. The van der Waals surface area contributed by atoms with E-state index in [0.29, 0.717) is 28.0 Å². The van der Waals surface area contributed by atoms with E-state index in [9.17, 15) is 20.1 Å². The van der Waals surface area contributed by atoms with Crippen LogP contribution in [-0.4, -0.2) is 47.3 Å². The number of aliphatic hydroxyl groups excluding tert-OH is 2. The quantitative estimate of drug-likeness (QED) is 0.643. The van der Waals surface area contributed by atoms with E-state index >= 15 is 0 Å². The maximum atomic E-state index is 11.4. The molecule has 3 N–H and O–H groups in total. The lowest BCUT2D eigenvalue weighted by Gasteiger charge is -2.27. The second-order valence-electron chi connectivity index (χ2n) is 6.52. The number of benzene rings is 1. The molecule has 0 unspecified atom stereocenters. The van der Waals surface area contributed by atoms with Gasteiger partial charge in [0.1, 0.15) is 17.1 Å². The van der Waals surface area contributed by atoms with Crippen LogP contribution in [0.25, 0.3) is 11.0 Å². The van der Waals surface area contributed by atoms with Crippen molar-refractivity contribution < 1.29 is 29.2 Å². The smallest absolute Gasteiger partial charge is 0.336 e. The lowest BCUT2D eigenvalue weighted by molar-refractivity contribution is -0.0676. The summed E-state index contributed by atoms with van der Waals surface area (Å²) in [4.78, 5) is 11.4. The summed E-state index contributed by atoms with van der Waals surface area (Å²) >= 11 is 0. The number of methoxy groups -OCH3 is 2. The monoisotopic (exact) mass is 352 g/mol. The summed E-state index contributed by atoms with van der Waals surface area (Å²) < 4.78 is 16.0. The lowest BCUT2D eigenvalue weighted by atomic mass is 9.93. The Morgan fingerprint density at radius 3 is 2.44 bits per heavy atom. The van der Waals surface area contributed by atoms with Crippen LogP contribution in [-0.2, 0) is 6.42 Å². The average Bonchev–Trinajstić information content (AvgIpc) is 2.53. The third-order valence-corrected chi connectivity index (χ3v) is 4.12. The summed E-state index contributed by atoms with van der Waals surface area (Å²) in [7, 11) is 2.93. The minimum absolute atomic E-state index is 0.0162. The summed E-state index contributed by atoms with van der Waals surface area (Å²) in [5, 5.41) is 30.7. The molecule has 2 atom stereocenters. The van der Waals surface area contributed by atoms with Crippen molar-refractivity contribution in [3.63, 3.8) is 0 Å². The molecule has 0 aliphatic heterocycles. The minimum Gasteiger partial charge on any atom is -0.496 e. The van der Waals surface area contributed by atoms with Gasteiger partial charge in [0, 0.05) is 30.5 Å². The second kappa shape index (κ2) is 7.43. The predicted molar refractivity (Wildman–Crippen MR) is 92.2 cm³/mol. The molecule has 1 aromatic carbocycles. The normalized spacial score (nSPS) is 14.4. The van der Waals surface area contributed by atoms with Crippen LogP contribution >= 0.6 is 0 Å². The standard InChI is InChI=1S/C18H24O7/c1-18(2,22)15(20)8-10(19)7-12-13(23-3)9-14-11(17(12)24-4)5-6-16(21)25-14/h5-6,9-10,15,19-20,22H,7-8H2,1-4H3/t10-,15+/m1/s1. The van der Waals surface area contributed by atoms with Gasteiger partial charge in [0.15, 0.2) is 0 Å². The Morgan fingerprint density at radius 1 is 1.20 bits per heavy atom. The van der Waals surface area contributed by atoms with Crippen molar-refractivity contribution in [2.24, 2.45) is 0 Å². The Morgan fingerprint density at radius 2 is 1.88 bits per heavy atom. The molecule has 1 heterocycles. The van der Waals surface area contributed by atoms with Gasteiger partial charge in [-0.3, -0.25) is 0 Å². The Kier molecular flexibility index (Phi) is 5.72. The molecule has 0 spiro atoms. The molecular weight excluding hydrogens is 328 g/mol. The van der Waals surface area contributed by atoms with Crippen LogP contribution < -0.4 is 15.1 Å². The van der Waals surface area contributed by atoms with E-state index in [0.717, 1.165) is 0 Å². The molecule has 2 aromatic rings. The number of fused-ring (bicyclic) bond motifs is 1. The zero-order valence-corrected chi connectivity index (χ0v) is 14.8. The summed E-state index contributed by atoms with van der Waals surface area (Å²) in [5.41, 5.74) is -0.905. The highest BCUT2D eigenvalue weighted by molar-refractivity contribution is 5.87. The van der Waals surface area contributed by atoms with Gasteiger partial charge in [-0.1, -0.05) is 0 Å². The van der Waals surface area contributed by atoms with Crippen LogP contribution in [0.15, 0.2) is 27.4 Å². The van der Waals surface area contributed by atoms with Crippen LogP contribution in [0.4, 0.5) is 0 Å². The fourth-order valence-electron chi connectivity index (χ4n) is 2.68. The van der Waals surface area contributed by atoms with Crippen LogP contribution in [0, 0.1) is 0 Å². The van der Waals surface area contributed by atoms with Crippen molar-refractivity contribution in [3.05, 3.63) is 34.2 Å². The molecule has 2 rings (SSSR count). The van der Waals surface area contributed by atoms with E-state index < -0.39 is 23.4 Å². The lowest BCUT2D eigenvalue weighted by Crippen LogP contribution is -2.38. The van der Waals surface area contributed by atoms with Gasteiger partial charge in [-0.25, -0.2) is 4.79 Å². The zero-order valence-electron chi connectivity index (χ0n) is 14.8. The second-order valence-corrected chi connectivity index (χ2v) is 6.52. The van der Waals surface area contributed by atoms with E-state index in [1.165, 1.54) is 34.1 Å². The first-order valence-corrected chi connectivity index (χ1v) is 7.93. The number of ether oxygens (including phenoxy) is 2. The van der Waals surface area contributed by atoms with Crippen LogP contribution in [0.5, 0.6) is 11.5 Å². The molecule has 0 aliphatic carbocycles. The highest BCUT2D eigenvalue weighted by Crippen LogP contribution is 2.37. The van der Waals surface area contributed by atoms with Gasteiger partial charge in [0.25, 0.3) is 0 Å². The van der Waals surface area contributed by atoms with Gasteiger partial charge in [-0.15, -0.1) is 0 Å². The highest BCUT2D eigenvalue weighted by atomic mass is 16.5. The van der Waals surface area contributed by atoms with Crippen molar-refractivity contribution in [2.75, 3.05) is 14.2 Å². The Balaban J connectivity index is 2.42. The molecule has 0 saturated heterocycles. The SMILES string of the molecule is COc1cc2oc(=O)ccc2c(OC)c1C[C@@H](O)C[C@H](O)C(C)(C)O. The van der Waals surface area contributed by atoms with Gasteiger partial charge in [-0.2, -0.15) is 0 Å². The summed E-state index contributed by atoms with van der Waals surface area (Å²) in [5.74, 6) is 0.824. The topological polar surface area (TPSA) is 109 Å². The fraction of sp³-hybridized carbons (Fsp3) is 0.500. The van der Waals surface area contributed by atoms with Gasteiger partial charge in [0.05, 0.1) is 37.4 Å². The molecule has 7 heteroatoms. The van der Waals surface area contributed by atoms with Crippen molar-refractivity contribution in [3.8, 4) is 11.5 Å². The first kappa shape index (κ1) is 19.2. The van der Waals surface area contributed by atoms with Crippen molar-refractivity contribution >= 4 is 11.0 Å². The van der Waals surface area contributed by atoms with E-state index in [1.54, 1.807) is 12.1 Å². The number of aliphatic hydroxyl groups is 3. The molecule has 0 bridgehead atoms. The first-order chi connectivity index (χ1) is 11.7. The molecule has 7 nitrogen and oxygen atoms in total. The maximum absolute atomic E-state index is 11.4. The van der Waals surface area contributed by atoms with E-state index in [2.05, 4.69) is 0 Å². The molecule has 0 saturated carbocycles. The fourth-order valence-corrected chi connectivity index (χ4v) is 2.68. The molecule has 0 amide bonds. The molecule has 0 fully saturated rings. The molecule has 1 aromatic heterocycles. The predicted octanol–water partition coefficient (Wildman–Crippen LogP) is 1.24. The van der Waals surface area contributed by atoms with Crippen molar-refractivity contribution in [2.45, 2.75) is 44.5 Å². The van der Waals surface area contributed by atoms with E-state index in [-0.39, 0.29) is 12.8 Å². The third-order valence-electron chi connectivity index (χ3n) is 4.12. The number of rotatable bonds is 7. The van der Waals surface area contributed by atoms with E-state index in [1.807, 2.05) is 0 Å². The first-order valence-electron chi connectivity index (χ1n) is 7.93. The van der Waals surface area contributed by atoms with E-state index in [4.69, 9.17) is 13.9 Å². The molecule has 25 heavy (non-hydrogen) atoms. The van der Waals surface area contributed by atoms with Crippen molar-refractivity contribution in [1.29, 1.82) is 0 Å². The van der Waals surface area contributed by atoms with Crippen LogP contribution in [0.3, 0.4) is 0 Å². The number of hydrogen-bond donors (Lipinski definition) is 3. The van der Waals surface area contributed by atoms with Crippen LogP contribution in [0.1, 0.15) is 25.8 Å². The minimum atomic E-state index is -1.32. The largest absolute Gasteiger partial charge is 0.496 e. The highest BCUT2D eigenvalue weighted by Gasteiger charge is 2.28. The van der Waals surface area contributed by atoms with Crippen molar-refractivity contribution in [1.82, 2.24) is 0 Å². The van der Waals surface area contributed by atoms with Crippen LogP contribution in [0.2, 0.25) is 0 Å². The average molecular weight is 352 g/mol. The third kappa shape index (κ3) is 4.31. The molecule has 138 valence electrons. The van der Waals surface area contributed by atoms with Gasteiger partial charge < -0.3 is 29.2 Å². The molecule has 0 aliphatic rings. The number of hydrogen-bond acceptors (Lipinski definition) is 7. The Hall–Kier alpha value is -2.09. The van der Waals surface area contributed by atoms with Gasteiger partial charge in [0.2, 0.25) is 0 Å².